The Hall–Kier alpha value is -2.07. The summed E-state index contributed by atoms with van der Waals surface area (Å²) in [5.41, 5.74) is 7.82. The number of benzene rings is 1. The standard InChI is InChI=1S/C14H15N3O/c15-13-7-12(13)9-4-5-14(16-8-9)17-10-2-1-3-11(18)6-10/h1-6,8,12-13,18H,7,15H2,(H,16,17). The lowest BCUT2D eigenvalue weighted by Crippen LogP contribution is -2.01. The van der Waals surface area contributed by atoms with Crippen LogP contribution in [0.15, 0.2) is 42.6 Å². The van der Waals surface area contributed by atoms with Crippen LogP contribution in [-0.4, -0.2) is 16.1 Å². The molecule has 0 radical (unpaired) electrons. The summed E-state index contributed by atoms with van der Waals surface area (Å²) >= 11 is 0. The maximum absolute atomic E-state index is 9.37. The molecule has 1 aliphatic carbocycles. The molecular weight excluding hydrogens is 226 g/mol. The number of phenols is 1. The highest BCUT2D eigenvalue weighted by atomic mass is 16.3. The highest BCUT2D eigenvalue weighted by molar-refractivity contribution is 5.58. The normalized spacial score (nSPS) is 21.6. The fourth-order valence-electron chi connectivity index (χ4n) is 2.03. The van der Waals surface area contributed by atoms with E-state index in [0.717, 1.165) is 17.9 Å². The van der Waals surface area contributed by atoms with Crippen LogP contribution in [0.5, 0.6) is 5.75 Å². The van der Waals surface area contributed by atoms with Gasteiger partial charge in [0.05, 0.1) is 0 Å². The second kappa shape index (κ2) is 4.31. The Balaban J connectivity index is 1.73. The van der Waals surface area contributed by atoms with Gasteiger partial charge in [-0.15, -0.1) is 0 Å². The summed E-state index contributed by atoms with van der Waals surface area (Å²) in [7, 11) is 0. The minimum absolute atomic E-state index is 0.237. The zero-order valence-corrected chi connectivity index (χ0v) is 9.88. The molecule has 2 atom stereocenters. The summed E-state index contributed by atoms with van der Waals surface area (Å²) in [6.45, 7) is 0. The predicted octanol–water partition coefficient (Wildman–Crippen LogP) is 2.35. The molecule has 1 aromatic carbocycles. The summed E-state index contributed by atoms with van der Waals surface area (Å²) in [6, 6.07) is 11.3. The van der Waals surface area contributed by atoms with Crippen molar-refractivity contribution < 1.29 is 5.11 Å². The number of aromatic hydroxyl groups is 1. The van der Waals surface area contributed by atoms with Crippen molar-refractivity contribution in [2.75, 3.05) is 5.32 Å². The fourth-order valence-corrected chi connectivity index (χ4v) is 2.03. The van der Waals surface area contributed by atoms with E-state index in [9.17, 15) is 5.11 Å². The molecule has 4 heteroatoms. The van der Waals surface area contributed by atoms with E-state index in [1.165, 1.54) is 5.56 Å². The van der Waals surface area contributed by atoms with Crippen LogP contribution in [0.1, 0.15) is 17.9 Å². The first kappa shape index (κ1) is 11.0. The van der Waals surface area contributed by atoms with Gasteiger partial charge >= 0.3 is 0 Å². The number of hydrogen-bond acceptors (Lipinski definition) is 4. The van der Waals surface area contributed by atoms with Gasteiger partial charge in [-0.3, -0.25) is 0 Å². The largest absolute Gasteiger partial charge is 0.508 e. The number of hydrogen-bond donors (Lipinski definition) is 3. The van der Waals surface area contributed by atoms with Gasteiger partial charge in [-0.1, -0.05) is 12.1 Å². The second-order valence-corrected chi connectivity index (χ2v) is 4.66. The number of pyridine rings is 1. The Morgan fingerprint density at radius 1 is 1.28 bits per heavy atom. The average Bonchev–Trinajstić information content (AvgIpc) is 3.07. The Labute approximate surface area is 105 Å². The third-order valence-corrected chi connectivity index (χ3v) is 3.17. The van der Waals surface area contributed by atoms with Crippen LogP contribution in [0, 0.1) is 0 Å². The third kappa shape index (κ3) is 2.28. The lowest BCUT2D eigenvalue weighted by atomic mass is 10.2. The molecule has 0 saturated heterocycles. The lowest BCUT2D eigenvalue weighted by Gasteiger charge is -2.06. The number of nitrogens with one attached hydrogen (secondary N) is 1. The SMILES string of the molecule is NC1CC1c1ccc(Nc2cccc(O)c2)nc1. The highest BCUT2D eigenvalue weighted by Crippen LogP contribution is 2.38. The minimum Gasteiger partial charge on any atom is -0.508 e. The van der Waals surface area contributed by atoms with E-state index >= 15 is 0 Å². The van der Waals surface area contributed by atoms with Crippen LogP contribution >= 0.6 is 0 Å². The summed E-state index contributed by atoms with van der Waals surface area (Å²) in [4.78, 5) is 4.35. The van der Waals surface area contributed by atoms with Gasteiger partial charge in [0.2, 0.25) is 0 Å². The molecule has 3 rings (SSSR count). The Morgan fingerprint density at radius 2 is 2.11 bits per heavy atom. The number of rotatable bonds is 3. The Morgan fingerprint density at radius 3 is 2.72 bits per heavy atom. The first-order chi connectivity index (χ1) is 8.72. The molecule has 18 heavy (non-hydrogen) atoms. The molecule has 0 amide bonds. The summed E-state index contributed by atoms with van der Waals surface area (Å²) in [6.07, 6.45) is 2.92. The van der Waals surface area contributed by atoms with E-state index in [-0.39, 0.29) is 5.75 Å². The summed E-state index contributed by atoms with van der Waals surface area (Å²) in [5, 5.41) is 12.5. The van der Waals surface area contributed by atoms with E-state index in [1.807, 2.05) is 18.3 Å². The molecule has 1 heterocycles. The molecule has 92 valence electrons. The number of anilines is 2. The van der Waals surface area contributed by atoms with Crippen molar-refractivity contribution in [3.8, 4) is 5.75 Å². The smallest absolute Gasteiger partial charge is 0.130 e. The van der Waals surface area contributed by atoms with Gasteiger partial charge < -0.3 is 16.2 Å². The van der Waals surface area contributed by atoms with Gasteiger partial charge in [0.15, 0.2) is 0 Å². The molecule has 1 fully saturated rings. The summed E-state index contributed by atoms with van der Waals surface area (Å²) < 4.78 is 0. The van der Waals surface area contributed by atoms with Crippen molar-refractivity contribution in [1.82, 2.24) is 4.98 Å². The van der Waals surface area contributed by atoms with Gasteiger partial charge in [0.25, 0.3) is 0 Å². The van der Waals surface area contributed by atoms with Crippen molar-refractivity contribution in [2.45, 2.75) is 18.4 Å². The monoisotopic (exact) mass is 241 g/mol. The maximum atomic E-state index is 9.37. The van der Waals surface area contributed by atoms with E-state index in [1.54, 1.807) is 18.2 Å². The molecule has 1 aromatic heterocycles. The first-order valence-corrected chi connectivity index (χ1v) is 6.00. The van der Waals surface area contributed by atoms with Crippen LogP contribution in [0.25, 0.3) is 0 Å². The highest BCUT2D eigenvalue weighted by Gasteiger charge is 2.34. The lowest BCUT2D eigenvalue weighted by molar-refractivity contribution is 0.475. The van der Waals surface area contributed by atoms with Crippen molar-refractivity contribution in [3.05, 3.63) is 48.2 Å². The van der Waals surface area contributed by atoms with Crippen LogP contribution in [-0.2, 0) is 0 Å². The van der Waals surface area contributed by atoms with Crippen molar-refractivity contribution >= 4 is 11.5 Å². The predicted molar refractivity (Wildman–Crippen MR) is 71.0 cm³/mol. The van der Waals surface area contributed by atoms with Crippen LogP contribution in [0.4, 0.5) is 11.5 Å². The van der Waals surface area contributed by atoms with Gasteiger partial charge in [-0.2, -0.15) is 0 Å². The first-order valence-electron chi connectivity index (χ1n) is 6.00. The van der Waals surface area contributed by atoms with Crippen molar-refractivity contribution in [2.24, 2.45) is 5.73 Å². The molecule has 4 nitrogen and oxygen atoms in total. The molecule has 0 spiro atoms. The maximum Gasteiger partial charge on any atom is 0.130 e. The van der Waals surface area contributed by atoms with Gasteiger partial charge in [0.1, 0.15) is 11.6 Å². The molecule has 0 aliphatic heterocycles. The molecule has 0 bridgehead atoms. The summed E-state index contributed by atoms with van der Waals surface area (Å²) in [5.74, 6) is 1.48. The van der Waals surface area contributed by atoms with E-state index in [4.69, 9.17) is 5.73 Å². The van der Waals surface area contributed by atoms with Crippen LogP contribution < -0.4 is 11.1 Å². The number of phenolic OH excluding ortho intramolecular Hbond substituents is 1. The molecule has 1 saturated carbocycles. The number of nitrogens with zero attached hydrogens (tertiary/aromatic N) is 1. The number of nitrogens with two attached hydrogens (primary N) is 1. The average molecular weight is 241 g/mol. The van der Waals surface area contributed by atoms with Gasteiger partial charge in [-0.05, 0) is 30.2 Å². The Kier molecular flexibility index (Phi) is 2.64. The molecule has 1 aliphatic rings. The topological polar surface area (TPSA) is 71.2 Å². The zero-order valence-electron chi connectivity index (χ0n) is 9.88. The molecular formula is C14H15N3O. The van der Waals surface area contributed by atoms with E-state index < -0.39 is 0 Å². The zero-order chi connectivity index (χ0) is 12.5. The Bertz CT molecular complexity index is 553. The van der Waals surface area contributed by atoms with E-state index in [2.05, 4.69) is 16.4 Å². The van der Waals surface area contributed by atoms with Gasteiger partial charge in [-0.25, -0.2) is 4.98 Å². The second-order valence-electron chi connectivity index (χ2n) is 4.66. The molecule has 4 N–H and O–H groups in total. The quantitative estimate of drug-likeness (QED) is 0.771. The number of aromatic nitrogens is 1. The molecule has 2 aromatic rings. The fraction of sp³-hybridized carbons (Fsp3) is 0.214. The van der Waals surface area contributed by atoms with E-state index in [0.29, 0.717) is 12.0 Å². The van der Waals surface area contributed by atoms with Crippen molar-refractivity contribution in [1.29, 1.82) is 0 Å². The molecule has 2 unspecified atom stereocenters. The third-order valence-electron chi connectivity index (χ3n) is 3.17. The van der Waals surface area contributed by atoms with Gasteiger partial charge in [0, 0.05) is 29.9 Å². The van der Waals surface area contributed by atoms with Crippen LogP contribution in [0.2, 0.25) is 0 Å². The minimum atomic E-state index is 0.237. The van der Waals surface area contributed by atoms with Crippen molar-refractivity contribution in [3.63, 3.8) is 0 Å². The van der Waals surface area contributed by atoms with Crippen LogP contribution in [0.3, 0.4) is 0 Å².